The number of aliphatic hydroxyl groups excluding tert-OH is 3. The Morgan fingerprint density at radius 3 is 1.68 bits per heavy atom. The second-order valence-corrected chi connectivity index (χ2v) is 4.79. The highest BCUT2D eigenvalue weighted by atomic mass is 16.6. The van der Waals surface area contributed by atoms with Crippen molar-refractivity contribution in [3.05, 3.63) is 17.7 Å². The number of aromatic hydroxyl groups is 3. The fraction of sp³-hybridized carbons (Fsp3) is 0.308. The molecule has 0 saturated heterocycles. The lowest BCUT2D eigenvalue weighted by molar-refractivity contribution is -0.173. The number of ether oxygens (including phenoxy) is 1. The minimum Gasteiger partial charge on any atom is -0.504 e. The summed E-state index contributed by atoms with van der Waals surface area (Å²) in [7, 11) is 0. The van der Waals surface area contributed by atoms with Gasteiger partial charge in [-0.2, -0.15) is 0 Å². The van der Waals surface area contributed by atoms with E-state index in [0.717, 1.165) is 0 Å². The molecule has 0 aliphatic rings. The SMILES string of the molecule is O=C(O[C@H]([C@H](O)[C@@H](O)C(=O)O)[C@H](O)C(=O)O)c1cc(O)c(O)c(O)c1. The number of hydrogen-bond donors (Lipinski definition) is 8. The molecule has 0 bridgehead atoms. The summed E-state index contributed by atoms with van der Waals surface area (Å²) in [6.45, 7) is 0. The molecule has 0 aliphatic carbocycles. The number of aliphatic hydroxyl groups is 3. The van der Waals surface area contributed by atoms with Crippen molar-refractivity contribution in [3.63, 3.8) is 0 Å². The molecular formula is C13H14O12. The Balaban J connectivity index is 3.14. The van der Waals surface area contributed by atoms with E-state index in [2.05, 4.69) is 4.74 Å². The molecule has 0 aliphatic heterocycles. The molecule has 1 aromatic rings. The van der Waals surface area contributed by atoms with E-state index < -0.39 is 65.1 Å². The Hall–Kier alpha value is -3.09. The van der Waals surface area contributed by atoms with Gasteiger partial charge in [0.25, 0.3) is 0 Å². The molecule has 0 unspecified atom stereocenters. The van der Waals surface area contributed by atoms with Crippen LogP contribution < -0.4 is 0 Å². The summed E-state index contributed by atoms with van der Waals surface area (Å²) in [5.74, 6) is -8.31. The lowest BCUT2D eigenvalue weighted by Gasteiger charge is -2.26. The van der Waals surface area contributed by atoms with Crippen molar-refractivity contribution >= 4 is 17.9 Å². The summed E-state index contributed by atoms with van der Waals surface area (Å²) in [6.07, 6.45) is -10.1. The molecule has 138 valence electrons. The molecule has 12 nitrogen and oxygen atoms in total. The minimum atomic E-state index is -2.60. The van der Waals surface area contributed by atoms with E-state index in [1.54, 1.807) is 0 Å². The van der Waals surface area contributed by atoms with Crippen LogP contribution in [0.2, 0.25) is 0 Å². The summed E-state index contributed by atoms with van der Waals surface area (Å²) >= 11 is 0. The molecule has 0 radical (unpaired) electrons. The van der Waals surface area contributed by atoms with Crippen LogP contribution in [0.1, 0.15) is 10.4 Å². The van der Waals surface area contributed by atoms with Gasteiger partial charge in [-0.1, -0.05) is 0 Å². The van der Waals surface area contributed by atoms with Crippen molar-refractivity contribution < 1.29 is 60.0 Å². The van der Waals surface area contributed by atoms with Crippen molar-refractivity contribution in [1.29, 1.82) is 0 Å². The van der Waals surface area contributed by atoms with E-state index in [-0.39, 0.29) is 0 Å². The number of carbonyl (C=O) groups is 3. The van der Waals surface area contributed by atoms with Crippen LogP contribution in [0, 0.1) is 0 Å². The Morgan fingerprint density at radius 2 is 1.28 bits per heavy atom. The Labute approximate surface area is 138 Å². The van der Waals surface area contributed by atoms with E-state index >= 15 is 0 Å². The predicted molar refractivity (Wildman–Crippen MR) is 73.9 cm³/mol. The quantitative estimate of drug-likeness (QED) is 0.187. The summed E-state index contributed by atoms with van der Waals surface area (Å²) < 4.78 is 4.50. The zero-order valence-corrected chi connectivity index (χ0v) is 12.2. The highest BCUT2D eigenvalue weighted by molar-refractivity contribution is 5.91. The summed E-state index contributed by atoms with van der Waals surface area (Å²) in [6, 6.07) is 1.23. The molecule has 12 heteroatoms. The number of phenolic OH excluding ortho intramolecular Hbond substituents is 3. The predicted octanol–water partition coefficient (Wildman–Crippen LogP) is -2.42. The van der Waals surface area contributed by atoms with Crippen LogP contribution in [-0.4, -0.2) is 83.2 Å². The van der Waals surface area contributed by atoms with E-state index in [1.807, 2.05) is 0 Å². The molecule has 0 aromatic heterocycles. The first-order chi connectivity index (χ1) is 11.5. The molecule has 0 fully saturated rings. The van der Waals surface area contributed by atoms with Crippen molar-refractivity contribution in [2.24, 2.45) is 0 Å². The number of carbonyl (C=O) groups excluding carboxylic acids is 1. The van der Waals surface area contributed by atoms with E-state index in [9.17, 15) is 39.9 Å². The highest BCUT2D eigenvalue weighted by Gasteiger charge is 2.41. The second kappa shape index (κ2) is 7.65. The average Bonchev–Trinajstić information content (AvgIpc) is 2.54. The summed E-state index contributed by atoms with van der Waals surface area (Å²) in [5.41, 5.74) is -0.632. The number of hydrogen-bond acceptors (Lipinski definition) is 10. The molecule has 8 N–H and O–H groups in total. The topological polar surface area (TPSA) is 222 Å². The fourth-order valence-corrected chi connectivity index (χ4v) is 1.70. The van der Waals surface area contributed by atoms with Gasteiger partial charge in [-0.05, 0) is 12.1 Å². The Morgan fingerprint density at radius 1 is 0.840 bits per heavy atom. The van der Waals surface area contributed by atoms with E-state index in [1.165, 1.54) is 0 Å². The maximum Gasteiger partial charge on any atom is 0.338 e. The lowest BCUT2D eigenvalue weighted by atomic mass is 10.0. The van der Waals surface area contributed by atoms with Crippen molar-refractivity contribution in [2.45, 2.75) is 24.4 Å². The minimum absolute atomic E-state index is 0.613. The highest BCUT2D eigenvalue weighted by Crippen LogP contribution is 2.35. The third-order valence-electron chi connectivity index (χ3n) is 3.03. The largest absolute Gasteiger partial charge is 0.504 e. The van der Waals surface area contributed by atoms with Crippen molar-refractivity contribution in [3.8, 4) is 17.2 Å². The maximum absolute atomic E-state index is 11.9. The Bertz CT molecular complexity index is 661. The maximum atomic E-state index is 11.9. The molecule has 0 saturated carbocycles. The van der Waals surface area contributed by atoms with Gasteiger partial charge in [-0.3, -0.25) is 0 Å². The first kappa shape index (κ1) is 20.0. The molecule has 25 heavy (non-hydrogen) atoms. The molecule has 1 rings (SSSR count). The van der Waals surface area contributed by atoms with Crippen LogP contribution in [0.15, 0.2) is 12.1 Å². The van der Waals surface area contributed by atoms with Gasteiger partial charge in [0.15, 0.2) is 35.6 Å². The van der Waals surface area contributed by atoms with Gasteiger partial charge in [0.1, 0.15) is 6.10 Å². The molecule has 0 spiro atoms. The van der Waals surface area contributed by atoms with Gasteiger partial charge in [-0.25, -0.2) is 14.4 Å². The molecule has 4 atom stereocenters. The van der Waals surface area contributed by atoms with E-state index in [0.29, 0.717) is 12.1 Å². The number of esters is 1. The van der Waals surface area contributed by atoms with Crippen molar-refractivity contribution in [1.82, 2.24) is 0 Å². The molecule has 1 aromatic carbocycles. The standard InChI is InChI=1S/C13H14O12/c14-4-1-3(2-5(15)6(4)16)13(24)25-10(9(19)12(22)23)7(17)8(18)11(20)21/h1-2,7-10,14-19H,(H,20,21)(H,22,23)/t7-,8-,9+,10-/m1/s1. The van der Waals surface area contributed by atoms with Crippen LogP contribution in [0.4, 0.5) is 0 Å². The zero-order valence-electron chi connectivity index (χ0n) is 12.2. The molecule has 0 heterocycles. The number of carboxylic acids is 2. The van der Waals surface area contributed by atoms with Crippen LogP contribution in [0.3, 0.4) is 0 Å². The van der Waals surface area contributed by atoms with Gasteiger partial charge in [0, 0.05) is 0 Å². The van der Waals surface area contributed by atoms with Gasteiger partial charge < -0.3 is 45.6 Å². The molecular weight excluding hydrogens is 348 g/mol. The molecule has 0 amide bonds. The van der Waals surface area contributed by atoms with Crippen LogP contribution in [0.5, 0.6) is 17.2 Å². The van der Waals surface area contributed by atoms with Crippen LogP contribution >= 0.6 is 0 Å². The average molecular weight is 362 g/mol. The Kier molecular flexibility index (Phi) is 6.11. The normalized spacial score (nSPS) is 15.6. The summed E-state index contributed by atoms with van der Waals surface area (Å²) in [5, 5.41) is 73.5. The number of benzene rings is 1. The lowest BCUT2D eigenvalue weighted by Crippen LogP contribution is -2.52. The zero-order chi connectivity index (χ0) is 19.5. The van der Waals surface area contributed by atoms with Crippen LogP contribution in [-0.2, 0) is 14.3 Å². The van der Waals surface area contributed by atoms with Gasteiger partial charge in [0.2, 0.25) is 0 Å². The third-order valence-corrected chi connectivity index (χ3v) is 3.03. The summed E-state index contributed by atoms with van der Waals surface area (Å²) in [4.78, 5) is 33.4. The second-order valence-electron chi connectivity index (χ2n) is 4.79. The first-order valence-electron chi connectivity index (χ1n) is 6.43. The smallest absolute Gasteiger partial charge is 0.338 e. The third kappa shape index (κ3) is 4.47. The van der Waals surface area contributed by atoms with E-state index in [4.69, 9.17) is 15.3 Å². The number of carboxylic acid groups (broad SMARTS) is 2. The fourth-order valence-electron chi connectivity index (χ4n) is 1.70. The van der Waals surface area contributed by atoms with Crippen molar-refractivity contribution in [2.75, 3.05) is 0 Å². The van der Waals surface area contributed by atoms with Crippen LogP contribution in [0.25, 0.3) is 0 Å². The number of aliphatic carboxylic acids is 2. The van der Waals surface area contributed by atoms with Gasteiger partial charge in [0.05, 0.1) is 5.56 Å². The number of rotatable bonds is 7. The number of phenols is 3. The van der Waals surface area contributed by atoms with Gasteiger partial charge in [-0.15, -0.1) is 0 Å². The first-order valence-corrected chi connectivity index (χ1v) is 6.43. The van der Waals surface area contributed by atoms with Gasteiger partial charge >= 0.3 is 17.9 Å². The monoisotopic (exact) mass is 362 g/mol.